The fraction of sp³-hybridized carbons (Fsp3) is 0.267. The van der Waals surface area contributed by atoms with Crippen molar-refractivity contribution < 1.29 is 4.74 Å². The van der Waals surface area contributed by atoms with Gasteiger partial charge in [-0.25, -0.2) is 0 Å². The van der Waals surface area contributed by atoms with Gasteiger partial charge in [0, 0.05) is 11.8 Å². The summed E-state index contributed by atoms with van der Waals surface area (Å²) in [6.45, 7) is 6.54. The van der Waals surface area contributed by atoms with E-state index in [0.29, 0.717) is 0 Å². The average molecular weight is 227 g/mol. The molecule has 0 spiro atoms. The Morgan fingerprint density at radius 3 is 2.41 bits per heavy atom. The van der Waals surface area contributed by atoms with Crippen LogP contribution in [-0.2, 0) is 5.41 Å². The van der Waals surface area contributed by atoms with Crippen LogP contribution >= 0.6 is 0 Å². The van der Waals surface area contributed by atoms with E-state index in [1.165, 1.54) is 5.56 Å². The number of nitrogens with zero attached hydrogens (tertiary/aromatic N) is 1. The van der Waals surface area contributed by atoms with Crippen molar-refractivity contribution in [3.63, 3.8) is 0 Å². The Labute approximate surface area is 102 Å². The molecule has 2 aromatic rings. The summed E-state index contributed by atoms with van der Waals surface area (Å²) < 4.78 is 5.87. The second-order valence-corrected chi connectivity index (χ2v) is 5.04. The van der Waals surface area contributed by atoms with Crippen LogP contribution in [0.4, 0.5) is 0 Å². The number of pyridine rings is 1. The molecule has 0 fully saturated rings. The normalized spacial score (nSPS) is 11.2. The topological polar surface area (TPSA) is 22.1 Å². The summed E-state index contributed by atoms with van der Waals surface area (Å²) in [5, 5.41) is 0. The van der Waals surface area contributed by atoms with Gasteiger partial charge in [0.1, 0.15) is 11.5 Å². The first kappa shape index (κ1) is 11.6. The third kappa shape index (κ3) is 2.84. The highest BCUT2D eigenvalue weighted by molar-refractivity contribution is 5.40. The minimum Gasteiger partial charge on any atom is -0.455 e. The maximum absolute atomic E-state index is 5.87. The molecular formula is C15H17NO. The van der Waals surface area contributed by atoms with Crippen molar-refractivity contribution in [2.24, 2.45) is 0 Å². The highest BCUT2D eigenvalue weighted by Crippen LogP contribution is 2.33. The third-order valence-electron chi connectivity index (χ3n) is 2.56. The first-order valence-electron chi connectivity index (χ1n) is 5.75. The van der Waals surface area contributed by atoms with Gasteiger partial charge in [0.2, 0.25) is 0 Å². The summed E-state index contributed by atoms with van der Waals surface area (Å²) in [6, 6.07) is 11.9. The predicted octanol–water partition coefficient (Wildman–Crippen LogP) is 4.17. The average Bonchev–Trinajstić information content (AvgIpc) is 2.30. The molecule has 0 unspecified atom stereocenters. The Kier molecular flexibility index (Phi) is 3.14. The zero-order valence-electron chi connectivity index (χ0n) is 10.5. The third-order valence-corrected chi connectivity index (χ3v) is 2.56. The number of aromatic nitrogens is 1. The van der Waals surface area contributed by atoms with Gasteiger partial charge in [-0.15, -0.1) is 0 Å². The molecule has 0 aliphatic heterocycles. The fourth-order valence-electron chi connectivity index (χ4n) is 1.71. The Hall–Kier alpha value is -1.83. The highest BCUT2D eigenvalue weighted by Gasteiger charge is 2.18. The van der Waals surface area contributed by atoms with Crippen LogP contribution in [0.3, 0.4) is 0 Å². The molecule has 2 rings (SSSR count). The summed E-state index contributed by atoms with van der Waals surface area (Å²) in [5.74, 6) is 1.66. The minimum absolute atomic E-state index is 0.0683. The van der Waals surface area contributed by atoms with Gasteiger partial charge < -0.3 is 4.74 Å². The van der Waals surface area contributed by atoms with E-state index in [2.05, 4.69) is 31.8 Å². The molecule has 1 aromatic carbocycles. The monoisotopic (exact) mass is 227 g/mol. The van der Waals surface area contributed by atoms with Crippen LogP contribution in [0.15, 0.2) is 48.8 Å². The molecule has 1 aromatic heterocycles. The van der Waals surface area contributed by atoms with E-state index in [4.69, 9.17) is 4.74 Å². The van der Waals surface area contributed by atoms with E-state index in [9.17, 15) is 0 Å². The Bertz CT molecular complexity index is 486. The van der Waals surface area contributed by atoms with E-state index in [-0.39, 0.29) is 5.41 Å². The van der Waals surface area contributed by atoms with Gasteiger partial charge in [-0.2, -0.15) is 0 Å². The van der Waals surface area contributed by atoms with E-state index in [0.717, 1.165) is 11.5 Å². The minimum atomic E-state index is 0.0683. The molecule has 1 heterocycles. The summed E-state index contributed by atoms with van der Waals surface area (Å²) in [6.07, 6.45) is 3.46. The molecule has 0 aliphatic rings. The van der Waals surface area contributed by atoms with Crippen molar-refractivity contribution in [3.05, 3.63) is 54.4 Å². The fourth-order valence-corrected chi connectivity index (χ4v) is 1.71. The molecule has 0 amide bonds. The van der Waals surface area contributed by atoms with Crippen molar-refractivity contribution in [1.29, 1.82) is 0 Å². The Morgan fingerprint density at radius 2 is 1.76 bits per heavy atom. The molecule has 0 aliphatic carbocycles. The van der Waals surface area contributed by atoms with Crippen LogP contribution in [0, 0.1) is 0 Å². The Morgan fingerprint density at radius 1 is 1.00 bits per heavy atom. The molecule has 0 saturated carbocycles. The van der Waals surface area contributed by atoms with Crippen LogP contribution in [0.2, 0.25) is 0 Å². The number of hydrogen-bond acceptors (Lipinski definition) is 2. The van der Waals surface area contributed by atoms with Gasteiger partial charge in [0.05, 0.1) is 6.20 Å². The zero-order valence-corrected chi connectivity index (χ0v) is 10.5. The first-order valence-corrected chi connectivity index (χ1v) is 5.75. The lowest BCUT2D eigenvalue weighted by Crippen LogP contribution is -2.12. The lowest BCUT2D eigenvalue weighted by molar-refractivity contribution is 0.453. The van der Waals surface area contributed by atoms with Gasteiger partial charge in [-0.1, -0.05) is 39.0 Å². The van der Waals surface area contributed by atoms with Crippen molar-refractivity contribution in [2.75, 3.05) is 0 Å². The number of benzene rings is 1. The molecule has 0 radical (unpaired) electrons. The van der Waals surface area contributed by atoms with Crippen LogP contribution in [0.1, 0.15) is 26.3 Å². The van der Waals surface area contributed by atoms with Gasteiger partial charge in [0.15, 0.2) is 0 Å². The van der Waals surface area contributed by atoms with Crippen LogP contribution in [0.5, 0.6) is 11.5 Å². The van der Waals surface area contributed by atoms with Gasteiger partial charge in [-0.3, -0.25) is 4.98 Å². The van der Waals surface area contributed by atoms with E-state index in [1.54, 1.807) is 12.4 Å². The zero-order chi connectivity index (χ0) is 12.3. The van der Waals surface area contributed by atoms with Gasteiger partial charge in [0.25, 0.3) is 0 Å². The van der Waals surface area contributed by atoms with Gasteiger partial charge in [-0.05, 0) is 23.6 Å². The molecule has 88 valence electrons. The molecule has 0 bridgehead atoms. The summed E-state index contributed by atoms with van der Waals surface area (Å²) in [4.78, 5) is 4.05. The van der Waals surface area contributed by atoms with Crippen molar-refractivity contribution >= 4 is 0 Å². The lowest BCUT2D eigenvalue weighted by Gasteiger charge is -2.22. The molecular weight excluding hydrogens is 210 g/mol. The van der Waals surface area contributed by atoms with Crippen molar-refractivity contribution in [1.82, 2.24) is 4.98 Å². The molecule has 2 heteroatoms. The second kappa shape index (κ2) is 4.58. The molecule has 0 saturated heterocycles. The largest absolute Gasteiger partial charge is 0.455 e. The van der Waals surface area contributed by atoms with E-state index >= 15 is 0 Å². The SMILES string of the molecule is CC(C)(C)c1ccccc1Oc1cccnc1. The quantitative estimate of drug-likeness (QED) is 0.768. The smallest absolute Gasteiger partial charge is 0.145 e. The summed E-state index contributed by atoms with van der Waals surface area (Å²) in [7, 11) is 0. The summed E-state index contributed by atoms with van der Waals surface area (Å²) >= 11 is 0. The van der Waals surface area contributed by atoms with E-state index in [1.807, 2.05) is 30.3 Å². The lowest BCUT2D eigenvalue weighted by atomic mass is 9.86. The van der Waals surface area contributed by atoms with E-state index < -0.39 is 0 Å². The first-order chi connectivity index (χ1) is 8.07. The molecule has 17 heavy (non-hydrogen) atoms. The van der Waals surface area contributed by atoms with Crippen LogP contribution in [0.25, 0.3) is 0 Å². The number of rotatable bonds is 2. The highest BCUT2D eigenvalue weighted by atomic mass is 16.5. The standard InChI is InChI=1S/C15H17NO/c1-15(2,3)13-8-4-5-9-14(13)17-12-7-6-10-16-11-12/h4-11H,1-3H3. The number of para-hydroxylation sites is 1. The predicted molar refractivity (Wildman–Crippen MR) is 69.5 cm³/mol. The number of hydrogen-bond donors (Lipinski definition) is 0. The summed E-state index contributed by atoms with van der Waals surface area (Å²) in [5.41, 5.74) is 1.27. The van der Waals surface area contributed by atoms with Crippen LogP contribution < -0.4 is 4.74 Å². The number of ether oxygens (including phenoxy) is 1. The molecule has 0 atom stereocenters. The molecule has 0 N–H and O–H groups in total. The maximum atomic E-state index is 5.87. The maximum Gasteiger partial charge on any atom is 0.145 e. The van der Waals surface area contributed by atoms with Crippen LogP contribution in [-0.4, -0.2) is 4.98 Å². The van der Waals surface area contributed by atoms with Crippen molar-refractivity contribution in [2.45, 2.75) is 26.2 Å². The van der Waals surface area contributed by atoms with Crippen molar-refractivity contribution in [3.8, 4) is 11.5 Å². The second-order valence-electron chi connectivity index (χ2n) is 5.04. The Balaban J connectivity index is 2.34. The van der Waals surface area contributed by atoms with Gasteiger partial charge >= 0.3 is 0 Å². The molecule has 2 nitrogen and oxygen atoms in total.